The number of hydrogen-bond donors (Lipinski definition) is 0. The van der Waals surface area contributed by atoms with Crippen molar-refractivity contribution in [2.75, 3.05) is 26.0 Å². The van der Waals surface area contributed by atoms with E-state index in [0.717, 1.165) is 22.6 Å². The lowest BCUT2D eigenvalue weighted by molar-refractivity contribution is -0.127. The number of amides is 1. The third kappa shape index (κ3) is 4.99. The van der Waals surface area contributed by atoms with E-state index in [-0.39, 0.29) is 11.7 Å². The van der Waals surface area contributed by atoms with Crippen molar-refractivity contribution in [2.24, 2.45) is 0 Å². The van der Waals surface area contributed by atoms with Crippen molar-refractivity contribution in [3.05, 3.63) is 52.7 Å². The van der Waals surface area contributed by atoms with Crippen LogP contribution >= 0.6 is 11.8 Å². The lowest BCUT2D eigenvalue weighted by atomic mass is 10.1. The molecular formula is C20H23N3O2S. The van der Waals surface area contributed by atoms with Crippen molar-refractivity contribution in [1.82, 2.24) is 9.88 Å². The first kappa shape index (κ1) is 19.8. The number of carbonyl (C=O) groups excluding carboxylic acids is 1. The zero-order chi connectivity index (χ0) is 19.1. The summed E-state index contributed by atoms with van der Waals surface area (Å²) in [5, 5.41) is 10.0. The minimum atomic E-state index is -0.0202. The van der Waals surface area contributed by atoms with E-state index in [0.29, 0.717) is 23.7 Å². The molecule has 0 N–H and O–H groups in total. The molecule has 2 rings (SSSR count). The molecule has 0 aliphatic rings. The second kappa shape index (κ2) is 9.25. The van der Waals surface area contributed by atoms with Gasteiger partial charge < -0.3 is 9.64 Å². The third-order valence-electron chi connectivity index (χ3n) is 4.27. The number of pyridine rings is 1. The Bertz CT molecular complexity index is 816. The fourth-order valence-electron chi connectivity index (χ4n) is 2.33. The molecule has 0 aliphatic carbocycles. The normalized spacial score (nSPS) is 10.3. The Morgan fingerprint density at radius 3 is 2.58 bits per heavy atom. The number of rotatable bonds is 7. The maximum Gasteiger partial charge on any atom is 0.232 e. The van der Waals surface area contributed by atoms with Crippen LogP contribution < -0.4 is 4.74 Å². The fourth-order valence-corrected chi connectivity index (χ4v) is 3.35. The van der Waals surface area contributed by atoms with Crippen molar-refractivity contribution in [2.45, 2.75) is 25.8 Å². The van der Waals surface area contributed by atoms with E-state index in [1.165, 1.54) is 11.8 Å². The minimum Gasteiger partial charge on any atom is -0.492 e. The van der Waals surface area contributed by atoms with Gasteiger partial charge in [-0.15, -0.1) is 0 Å². The number of para-hydroxylation sites is 1. The molecule has 0 bridgehead atoms. The van der Waals surface area contributed by atoms with Crippen LogP contribution in [0, 0.1) is 32.1 Å². The van der Waals surface area contributed by atoms with Crippen molar-refractivity contribution >= 4 is 17.7 Å². The second-order valence-electron chi connectivity index (χ2n) is 6.00. The van der Waals surface area contributed by atoms with E-state index in [1.807, 2.05) is 51.1 Å². The standard InChI is InChI=1S/C20H23N3O2S/c1-14-15(2)18(12-21)20(22-16(14)3)26-13-19(24)23(4)10-11-25-17-8-6-5-7-9-17/h5-9H,10-11,13H2,1-4H3. The van der Waals surface area contributed by atoms with Crippen LogP contribution in [-0.4, -0.2) is 41.7 Å². The summed E-state index contributed by atoms with van der Waals surface area (Å²) in [6, 6.07) is 11.7. The van der Waals surface area contributed by atoms with Crippen LogP contribution in [-0.2, 0) is 4.79 Å². The first-order chi connectivity index (χ1) is 12.4. The molecule has 2 aromatic rings. The van der Waals surface area contributed by atoms with Crippen LogP contribution in [0.4, 0.5) is 0 Å². The van der Waals surface area contributed by atoms with Gasteiger partial charge in [-0.1, -0.05) is 30.0 Å². The van der Waals surface area contributed by atoms with E-state index < -0.39 is 0 Å². The molecule has 0 fully saturated rings. The predicted molar refractivity (Wildman–Crippen MR) is 103 cm³/mol. The zero-order valence-corrected chi connectivity index (χ0v) is 16.4. The summed E-state index contributed by atoms with van der Waals surface area (Å²) in [6.07, 6.45) is 0. The summed E-state index contributed by atoms with van der Waals surface area (Å²) in [5.41, 5.74) is 3.40. The molecule has 0 radical (unpaired) electrons. The van der Waals surface area contributed by atoms with E-state index in [2.05, 4.69) is 11.1 Å². The number of carbonyl (C=O) groups is 1. The average molecular weight is 369 g/mol. The van der Waals surface area contributed by atoms with E-state index in [9.17, 15) is 10.1 Å². The van der Waals surface area contributed by atoms with Crippen molar-refractivity contribution < 1.29 is 9.53 Å². The monoisotopic (exact) mass is 369 g/mol. The van der Waals surface area contributed by atoms with Gasteiger partial charge in [0, 0.05) is 12.7 Å². The molecule has 136 valence electrons. The van der Waals surface area contributed by atoms with Gasteiger partial charge >= 0.3 is 0 Å². The lowest BCUT2D eigenvalue weighted by Crippen LogP contribution is -2.32. The van der Waals surface area contributed by atoms with Crippen LogP contribution in [0.2, 0.25) is 0 Å². The number of benzene rings is 1. The molecule has 1 aromatic carbocycles. The highest BCUT2D eigenvalue weighted by Crippen LogP contribution is 2.26. The van der Waals surface area contributed by atoms with Crippen molar-refractivity contribution in [1.29, 1.82) is 5.26 Å². The molecule has 1 heterocycles. The maximum atomic E-state index is 12.3. The first-order valence-electron chi connectivity index (χ1n) is 8.36. The van der Waals surface area contributed by atoms with Gasteiger partial charge in [-0.2, -0.15) is 5.26 Å². The number of likely N-dealkylation sites (N-methyl/N-ethyl adjacent to an activating group) is 1. The third-order valence-corrected chi connectivity index (χ3v) is 5.23. The molecule has 0 spiro atoms. The molecule has 5 nitrogen and oxygen atoms in total. The number of ether oxygens (including phenoxy) is 1. The summed E-state index contributed by atoms with van der Waals surface area (Å²) in [6.45, 7) is 6.72. The Kier molecular flexibility index (Phi) is 7.05. The highest BCUT2D eigenvalue weighted by molar-refractivity contribution is 8.00. The SMILES string of the molecule is Cc1nc(SCC(=O)N(C)CCOc2ccccc2)c(C#N)c(C)c1C. The summed E-state index contributed by atoms with van der Waals surface area (Å²) < 4.78 is 5.61. The van der Waals surface area contributed by atoms with Crippen molar-refractivity contribution in [3.63, 3.8) is 0 Å². The molecule has 26 heavy (non-hydrogen) atoms. The molecule has 0 atom stereocenters. The molecule has 0 aliphatic heterocycles. The average Bonchev–Trinajstić information content (AvgIpc) is 2.65. The van der Waals surface area contributed by atoms with Gasteiger partial charge in [-0.3, -0.25) is 4.79 Å². The van der Waals surface area contributed by atoms with E-state index in [4.69, 9.17) is 4.74 Å². The summed E-state index contributed by atoms with van der Waals surface area (Å²) in [4.78, 5) is 18.5. The Hall–Kier alpha value is -2.52. The quantitative estimate of drug-likeness (QED) is 0.699. The number of nitriles is 1. The van der Waals surface area contributed by atoms with Gasteiger partial charge in [0.15, 0.2) is 0 Å². The molecule has 1 amide bonds. The summed E-state index contributed by atoms with van der Waals surface area (Å²) >= 11 is 1.31. The first-order valence-corrected chi connectivity index (χ1v) is 9.35. The van der Waals surface area contributed by atoms with Crippen LogP contribution in [0.5, 0.6) is 5.75 Å². The topological polar surface area (TPSA) is 66.2 Å². The van der Waals surface area contributed by atoms with Gasteiger partial charge in [-0.25, -0.2) is 4.98 Å². The molecule has 0 saturated heterocycles. The number of aromatic nitrogens is 1. The van der Waals surface area contributed by atoms with Crippen LogP contribution in [0.1, 0.15) is 22.4 Å². The molecular weight excluding hydrogens is 346 g/mol. The van der Waals surface area contributed by atoms with Gasteiger partial charge in [-0.05, 0) is 44.0 Å². The maximum absolute atomic E-state index is 12.3. The zero-order valence-electron chi connectivity index (χ0n) is 15.6. The van der Waals surface area contributed by atoms with Crippen LogP contribution in [0.25, 0.3) is 0 Å². The molecule has 6 heteroatoms. The highest BCUT2D eigenvalue weighted by atomic mass is 32.2. The van der Waals surface area contributed by atoms with Gasteiger partial charge in [0.05, 0.1) is 17.9 Å². The Morgan fingerprint density at radius 2 is 1.92 bits per heavy atom. The van der Waals surface area contributed by atoms with Crippen LogP contribution in [0.3, 0.4) is 0 Å². The van der Waals surface area contributed by atoms with Gasteiger partial charge in [0.1, 0.15) is 23.5 Å². The Balaban J connectivity index is 1.89. The Labute approximate surface area is 159 Å². The largest absolute Gasteiger partial charge is 0.492 e. The predicted octanol–water partition coefficient (Wildman–Crippen LogP) is 3.51. The number of thioether (sulfide) groups is 1. The second-order valence-corrected chi connectivity index (χ2v) is 6.97. The van der Waals surface area contributed by atoms with E-state index >= 15 is 0 Å². The summed E-state index contributed by atoms with van der Waals surface area (Å²) in [7, 11) is 1.75. The molecule has 0 unspecified atom stereocenters. The molecule has 1 aromatic heterocycles. The minimum absolute atomic E-state index is 0.0202. The van der Waals surface area contributed by atoms with Crippen molar-refractivity contribution in [3.8, 4) is 11.8 Å². The number of nitrogens with zero attached hydrogens (tertiary/aromatic N) is 3. The molecule has 0 saturated carbocycles. The smallest absolute Gasteiger partial charge is 0.232 e. The highest BCUT2D eigenvalue weighted by Gasteiger charge is 2.16. The Morgan fingerprint density at radius 1 is 1.23 bits per heavy atom. The van der Waals surface area contributed by atoms with Gasteiger partial charge in [0.2, 0.25) is 5.91 Å². The number of aryl methyl sites for hydroxylation is 1. The fraction of sp³-hybridized carbons (Fsp3) is 0.350. The van der Waals surface area contributed by atoms with Gasteiger partial charge in [0.25, 0.3) is 0 Å². The number of hydrogen-bond acceptors (Lipinski definition) is 5. The lowest BCUT2D eigenvalue weighted by Gasteiger charge is -2.18. The summed E-state index contributed by atoms with van der Waals surface area (Å²) in [5.74, 6) is 1.01. The van der Waals surface area contributed by atoms with Crippen LogP contribution in [0.15, 0.2) is 35.4 Å². The van der Waals surface area contributed by atoms with E-state index in [1.54, 1.807) is 11.9 Å².